The molecular weight excluding hydrogens is 371 g/mol. The highest BCUT2D eigenvalue weighted by molar-refractivity contribution is 9.10. The quantitative estimate of drug-likeness (QED) is 0.414. The fourth-order valence-electron chi connectivity index (χ4n) is 1.88. The summed E-state index contributed by atoms with van der Waals surface area (Å²) in [4.78, 5) is 33.2. The van der Waals surface area contributed by atoms with Gasteiger partial charge in [0.05, 0.1) is 0 Å². The van der Waals surface area contributed by atoms with Crippen molar-refractivity contribution in [1.82, 2.24) is 0 Å². The van der Waals surface area contributed by atoms with E-state index in [9.17, 15) is 23.9 Å². The Bertz CT molecular complexity index is 454. The SMILES string of the molecule is CC(=O)OC[C@H]1OC(O)[C@](F)(Br)[C@@H](OC(C)=O)[C@@H]1OC(C)=O. The van der Waals surface area contributed by atoms with Crippen LogP contribution in [0.5, 0.6) is 0 Å². The van der Waals surface area contributed by atoms with Crippen molar-refractivity contribution in [3.8, 4) is 0 Å². The van der Waals surface area contributed by atoms with Crippen LogP contribution in [0.15, 0.2) is 0 Å². The van der Waals surface area contributed by atoms with Gasteiger partial charge < -0.3 is 24.1 Å². The molecule has 1 fully saturated rings. The number of hydrogen-bond acceptors (Lipinski definition) is 8. The molecule has 0 saturated carbocycles. The number of carbonyl (C=O) groups excluding carboxylic acids is 3. The van der Waals surface area contributed by atoms with Gasteiger partial charge in [0.1, 0.15) is 12.7 Å². The molecule has 0 aliphatic carbocycles. The Labute approximate surface area is 134 Å². The third kappa shape index (κ3) is 4.62. The Morgan fingerprint density at radius 3 is 2.18 bits per heavy atom. The number of carbonyl (C=O) groups is 3. The van der Waals surface area contributed by atoms with Crippen LogP contribution >= 0.6 is 15.9 Å². The zero-order valence-corrected chi connectivity index (χ0v) is 13.7. The Hall–Kier alpha value is -1.26. The molecule has 1 rings (SSSR count). The standard InChI is InChI=1S/C12H16BrFO8/c1-5(15)19-4-8-9(20-6(2)16)10(21-7(3)17)12(13,14)11(18)22-8/h8-11,18H,4H2,1-3H3/t8-,9-,10+,11?,12+/m1/s1. The van der Waals surface area contributed by atoms with Gasteiger partial charge in [-0.3, -0.25) is 14.4 Å². The summed E-state index contributed by atoms with van der Waals surface area (Å²) in [5, 5.41) is 9.69. The number of aliphatic hydroxyl groups excluding tert-OH is 1. The van der Waals surface area contributed by atoms with Crippen LogP contribution in [-0.4, -0.2) is 58.8 Å². The maximum Gasteiger partial charge on any atom is 0.303 e. The summed E-state index contributed by atoms with van der Waals surface area (Å²) in [6, 6.07) is 0. The van der Waals surface area contributed by atoms with Crippen molar-refractivity contribution in [2.75, 3.05) is 6.61 Å². The highest BCUT2D eigenvalue weighted by Crippen LogP contribution is 2.40. The van der Waals surface area contributed by atoms with Crippen molar-refractivity contribution in [2.45, 2.75) is 50.0 Å². The lowest BCUT2D eigenvalue weighted by atomic mass is 9.99. The number of halogens is 2. The predicted octanol–water partition coefficient (Wildman–Crippen LogP) is 0.191. The minimum atomic E-state index is -2.70. The van der Waals surface area contributed by atoms with Crippen LogP contribution in [0.1, 0.15) is 20.8 Å². The van der Waals surface area contributed by atoms with Crippen molar-refractivity contribution in [3.63, 3.8) is 0 Å². The first kappa shape index (κ1) is 18.8. The molecule has 0 spiro atoms. The van der Waals surface area contributed by atoms with E-state index < -0.39 is 53.7 Å². The minimum absolute atomic E-state index is 0.425. The van der Waals surface area contributed by atoms with Crippen molar-refractivity contribution >= 4 is 33.8 Å². The molecule has 1 saturated heterocycles. The van der Waals surface area contributed by atoms with E-state index in [0.717, 1.165) is 20.8 Å². The van der Waals surface area contributed by atoms with Gasteiger partial charge in [0.2, 0.25) is 6.29 Å². The number of aliphatic hydroxyl groups is 1. The molecule has 1 unspecified atom stereocenters. The summed E-state index contributed by atoms with van der Waals surface area (Å²) in [5.74, 6) is -2.30. The van der Waals surface area contributed by atoms with Crippen molar-refractivity contribution in [2.24, 2.45) is 0 Å². The van der Waals surface area contributed by atoms with Crippen molar-refractivity contribution < 1.29 is 42.8 Å². The number of esters is 3. The summed E-state index contributed by atoms with van der Waals surface area (Å²) in [7, 11) is 0. The molecule has 22 heavy (non-hydrogen) atoms. The van der Waals surface area contributed by atoms with Crippen LogP contribution in [0.25, 0.3) is 0 Å². The van der Waals surface area contributed by atoms with E-state index in [1.165, 1.54) is 0 Å². The summed E-state index contributed by atoms with van der Waals surface area (Å²) in [6.45, 7) is 2.79. The molecule has 8 nitrogen and oxygen atoms in total. The Morgan fingerprint density at radius 1 is 1.18 bits per heavy atom. The van der Waals surface area contributed by atoms with Gasteiger partial charge in [0, 0.05) is 20.8 Å². The maximum atomic E-state index is 14.5. The second-order valence-electron chi connectivity index (χ2n) is 4.61. The van der Waals surface area contributed by atoms with E-state index in [2.05, 4.69) is 15.9 Å². The van der Waals surface area contributed by atoms with Gasteiger partial charge in [-0.05, 0) is 15.9 Å². The molecule has 1 aliphatic heterocycles. The van der Waals surface area contributed by atoms with Gasteiger partial charge in [-0.2, -0.15) is 0 Å². The van der Waals surface area contributed by atoms with E-state index >= 15 is 0 Å². The van der Waals surface area contributed by atoms with Gasteiger partial charge in [0.25, 0.3) is 4.58 Å². The maximum absolute atomic E-state index is 14.5. The average Bonchev–Trinajstić information content (AvgIpc) is 2.36. The number of alkyl halides is 2. The van der Waals surface area contributed by atoms with Crippen LogP contribution in [0.4, 0.5) is 4.39 Å². The summed E-state index contributed by atoms with van der Waals surface area (Å²) < 4.78 is 31.2. The Kier molecular flexibility index (Phi) is 6.27. The highest BCUT2D eigenvalue weighted by atomic mass is 79.9. The molecule has 5 atom stereocenters. The van der Waals surface area contributed by atoms with Crippen LogP contribution in [0.2, 0.25) is 0 Å². The second-order valence-corrected chi connectivity index (χ2v) is 5.82. The summed E-state index contributed by atoms with van der Waals surface area (Å²) in [5.41, 5.74) is 0. The van der Waals surface area contributed by atoms with Gasteiger partial charge in [-0.25, -0.2) is 4.39 Å². The van der Waals surface area contributed by atoms with E-state index in [4.69, 9.17) is 18.9 Å². The van der Waals surface area contributed by atoms with Gasteiger partial charge in [-0.15, -0.1) is 0 Å². The Morgan fingerprint density at radius 2 is 1.73 bits per heavy atom. The largest absolute Gasteiger partial charge is 0.463 e. The van der Waals surface area contributed by atoms with Gasteiger partial charge in [-0.1, -0.05) is 0 Å². The molecule has 1 N–H and O–H groups in total. The van der Waals surface area contributed by atoms with Crippen LogP contribution in [-0.2, 0) is 33.3 Å². The first-order chi connectivity index (χ1) is 10.1. The third-order valence-corrected chi connectivity index (χ3v) is 3.57. The smallest absolute Gasteiger partial charge is 0.303 e. The highest BCUT2D eigenvalue weighted by Gasteiger charge is 2.59. The molecule has 126 valence electrons. The van der Waals surface area contributed by atoms with Gasteiger partial charge in [0.15, 0.2) is 12.2 Å². The minimum Gasteiger partial charge on any atom is -0.463 e. The normalized spacial score (nSPS) is 34.6. The van der Waals surface area contributed by atoms with E-state index in [-0.39, 0.29) is 0 Å². The third-order valence-electron chi connectivity index (χ3n) is 2.72. The lowest BCUT2D eigenvalue weighted by molar-refractivity contribution is -0.287. The average molecular weight is 387 g/mol. The summed E-state index contributed by atoms with van der Waals surface area (Å²) in [6.07, 6.45) is -6.37. The van der Waals surface area contributed by atoms with E-state index in [1.807, 2.05) is 0 Å². The molecule has 1 aliphatic rings. The van der Waals surface area contributed by atoms with Crippen LogP contribution in [0.3, 0.4) is 0 Å². The molecule has 10 heteroatoms. The summed E-state index contributed by atoms with van der Waals surface area (Å²) >= 11 is 2.57. The lowest BCUT2D eigenvalue weighted by Crippen LogP contribution is -2.64. The fraction of sp³-hybridized carbons (Fsp3) is 0.750. The monoisotopic (exact) mass is 386 g/mol. The molecule has 0 aromatic rings. The molecule has 0 bridgehead atoms. The second kappa shape index (κ2) is 7.34. The number of rotatable bonds is 4. The zero-order chi connectivity index (χ0) is 17.1. The molecule has 0 aromatic heterocycles. The topological polar surface area (TPSA) is 108 Å². The van der Waals surface area contributed by atoms with E-state index in [0.29, 0.717) is 0 Å². The zero-order valence-electron chi connectivity index (χ0n) is 12.1. The van der Waals surface area contributed by atoms with Crippen LogP contribution in [0, 0.1) is 0 Å². The number of hydrogen-bond donors (Lipinski definition) is 1. The molecule has 0 radical (unpaired) electrons. The van der Waals surface area contributed by atoms with E-state index in [1.54, 1.807) is 0 Å². The van der Waals surface area contributed by atoms with Crippen molar-refractivity contribution in [1.29, 1.82) is 0 Å². The predicted molar refractivity (Wildman–Crippen MR) is 71.4 cm³/mol. The molecule has 0 amide bonds. The van der Waals surface area contributed by atoms with Gasteiger partial charge >= 0.3 is 17.9 Å². The van der Waals surface area contributed by atoms with Crippen LogP contribution < -0.4 is 0 Å². The number of ether oxygens (including phenoxy) is 4. The Balaban J connectivity index is 3.07. The molecule has 1 heterocycles. The lowest BCUT2D eigenvalue weighted by Gasteiger charge is -2.44. The van der Waals surface area contributed by atoms with Crippen molar-refractivity contribution in [3.05, 3.63) is 0 Å². The first-order valence-corrected chi connectivity index (χ1v) is 7.04. The molecule has 0 aromatic carbocycles. The fourth-order valence-corrected chi connectivity index (χ4v) is 2.34. The molecular formula is C12H16BrFO8. The first-order valence-electron chi connectivity index (χ1n) is 6.24.